The van der Waals surface area contributed by atoms with E-state index in [1.165, 1.54) is 19.3 Å². The first kappa shape index (κ1) is 16.9. The number of hydrogen-bond acceptors (Lipinski definition) is 3. The monoisotopic (exact) mass is 216 g/mol. The molecule has 0 aromatic rings. The molecule has 2 N–H and O–H groups in total. The van der Waals surface area contributed by atoms with Crippen LogP contribution in [0.25, 0.3) is 0 Å². The van der Waals surface area contributed by atoms with E-state index in [9.17, 15) is 0 Å². The van der Waals surface area contributed by atoms with Crippen LogP contribution >= 0.6 is 0 Å². The third-order valence-electron chi connectivity index (χ3n) is 1.66. The van der Waals surface area contributed by atoms with Gasteiger partial charge >= 0.3 is 51.4 Å². The van der Waals surface area contributed by atoms with Crippen molar-refractivity contribution >= 4 is 0 Å². The van der Waals surface area contributed by atoms with Crippen LogP contribution in [0, 0.1) is 0 Å². The zero-order valence-corrected chi connectivity index (χ0v) is 12.0. The Balaban J connectivity index is -0.000000605. The molecule has 76 valence electrons. The summed E-state index contributed by atoms with van der Waals surface area (Å²) in [7, 11) is 0. The quantitative estimate of drug-likeness (QED) is 0.366. The number of unbranched alkanes of at least 4 members (excludes halogenated alkanes) is 3. The van der Waals surface area contributed by atoms with Gasteiger partial charge in [0, 0.05) is 6.61 Å². The Morgan fingerprint density at radius 3 is 2.54 bits per heavy atom. The van der Waals surface area contributed by atoms with Crippen LogP contribution in [-0.4, -0.2) is 36.1 Å². The molecule has 0 aliphatic heterocycles. The first-order valence-electron chi connectivity index (χ1n) is 4.68. The molecule has 0 aromatic heterocycles. The Morgan fingerprint density at radius 2 is 2.00 bits per heavy atom. The summed E-state index contributed by atoms with van der Waals surface area (Å²) in [6.45, 7) is 2.89. The number of aliphatic hydroxyl groups is 2. The van der Waals surface area contributed by atoms with E-state index >= 15 is 0 Å². The topological polar surface area (TPSA) is 49.7 Å². The summed E-state index contributed by atoms with van der Waals surface area (Å²) in [5, 5.41) is 17.3. The summed E-state index contributed by atoms with van der Waals surface area (Å²) < 4.78 is 5.12. The van der Waals surface area contributed by atoms with Gasteiger partial charge in [0.25, 0.3) is 0 Å². The second-order valence-electron chi connectivity index (χ2n) is 2.97. The molecule has 0 heterocycles. The largest absolute Gasteiger partial charge is 1.00 e. The van der Waals surface area contributed by atoms with Gasteiger partial charge in [-0.25, -0.2) is 0 Å². The van der Waals surface area contributed by atoms with Crippen LogP contribution in [0.2, 0.25) is 0 Å². The molecule has 13 heavy (non-hydrogen) atoms. The van der Waals surface area contributed by atoms with E-state index in [2.05, 4.69) is 6.92 Å². The van der Waals surface area contributed by atoms with Gasteiger partial charge < -0.3 is 16.4 Å². The number of hydrogen-bond donors (Lipinski definition) is 2. The standard InChI is InChI=1S/C9H20O3.K.H/c1-2-3-4-5-6-12-8-9(11)7-10;;/h9-11H,2-8H2,1H3;;/q;+1;-1. The second kappa shape index (κ2) is 13.5. The van der Waals surface area contributed by atoms with Gasteiger partial charge in [-0.15, -0.1) is 0 Å². The molecule has 0 fully saturated rings. The summed E-state index contributed by atoms with van der Waals surface area (Å²) in [6, 6.07) is 0. The Labute approximate surface area is 125 Å². The minimum atomic E-state index is -0.712. The fraction of sp³-hybridized carbons (Fsp3) is 1.00. The average molecular weight is 216 g/mol. The van der Waals surface area contributed by atoms with E-state index in [4.69, 9.17) is 14.9 Å². The average Bonchev–Trinajstić information content (AvgIpc) is 2.10. The second-order valence-corrected chi connectivity index (χ2v) is 2.97. The van der Waals surface area contributed by atoms with E-state index in [1.54, 1.807) is 0 Å². The maximum Gasteiger partial charge on any atom is 1.00 e. The van der Waals surface area contributed by atoms with Crippen LogP contribution in [0.4, 0.5) is 0 Å². The Hall–Kier alpha value is 1.52. The molecule has 0 radical (unpaired) electrons. The van der Waals surface area contributed by atoms with Crippen molar-refractivity contribution < 1.29 is 67.8 Å². The van der Waals surface area contributed by atoms with E-state index < -0.39 is 6.10 Å². The first-order valence-corrected chi connectivity index (χ1v) is 4.68. The van der Waals surface area contributed by atoms with E-state index in [-0.39, 0.29) is 66.0 Å². The third kappa shape index (κ3) is 13.5. The van der Waals surface area contributed by atoms with Crippen molar-refractivity contribution in [2.24, 2.45) is 0 Å². The molecule has 3 nitrogen and oxygen atoms in total. The van der Waals surface area contributed by atoms with Crippen molar-refractivity contribution in [3.8, 4) is 0 Å². The van der Waals surface area contributed by atoms with Crippen LogP contribution in [0.3, 0.4) is 0 Å². The summed E-state index contributed by atoms with van der Waals surface area (Å²) in [6.07, 6.45) is 3.99. The summed E-state index contributed by atoms with van der Waals surface area (Å²) >= 11 is 0. The van der Waals surface area contributed by atoms with Gasteiger partial charge in [-0.1, -0.05) is 26.2 Å². The van der Waals surface area contributed by atoms with Gasteiger partial charge in [-0.2, -0.15) is 0 Å². The van der Waals surface area contributed by atoms with E-state index in [0.29, 0.717) is 6.61 Å². The van der Waals surface area contributed by atoms with Crippen LogP contribution in [0.15, 0.2) is 0 Å². The molecule has 4 heteroatoms. The summed E-state index contributed by atoms with van der Waals surface area (Å²) in [4.78, 5) is 0. The van der Waals surface area contributed by atoms with Crippen molar-refractivity contribution in [3.63, 3.8) is 0 Å². The number of ether oxygens (including phenoxy) is 1. The third-order valence-corrected chi connectivity index (χ3v) is 1.66. The molecule has 0 rings (SSSR count). The fourth-order valence-corrected chi connectivity index (χ4v) is 0.903. The molecular weight excluding hydrogens is 195 g/mol. The van der Waals surface area contributed by atoms with E-state index in [1.807, 2.05) is 0 Å². The van der Waals surface area contributed by atoms with Crippen LogP contribution < -0.4 is 51.4 Å². The Bertz CT molecular complexity index is 96.1. The van der Waals surface area contributed by atoms with Crippen LogP contribution in [0.1, 0.15) is 34.0 Å². The molecule has 0 aromatic carbocycles. The molecule has 0 saturated carbocycles. The molecule has 0 spiro atoms. The van der Waals surface area contributed by atoms with Gasteiger partial charge in [0.2, 0.25) is 0 Å². The van der Waals surface area contributed by atoms with E-state index in [0.717, 1.165) is 6.42 Å². The van der Waals surface area contributed by atoms with Crippen molar-refractivity contribution in [1.82, 2.24) is 0 Å². The molecule has 0 saturated heterocycles. The maximum absolute atomic E-state index is 8.89. The minimum Gasteiger partial charge on any atom is -1.00 e. The van der Waals surface area contributed by atoms with Gasteiger partial charge in [-0.05, 0) is 6.42 Å². The predicted molar refractivity (Wildman–Crippen MR) is 49.2 cm³/mol. The number of aliphatic hydroxyl groups excluding tert-OH is 2. The number of rotatable bonds is 8. The normalized spacial score (nSPS) is 12.2. The zero-order valence-electron chi connectivity index (χ0n) is 9.83. The van der Waals surface area contributed by atoms with Crippen molar-refractivity contribution in [1.29, 1.82) is 0 Å². The molecule has 1 unspecified atom stereocenters. The van der Waals surface area contributed by atoms with Gasteiger partial charge in [0.05, 0.1) is 13.2 Å². The zero-order chi connectivity index (χ0) is 9.23. The summed E-state index contributed by atoms with van der Waals surface area (Å²) in [5.41, 5.74) is 0. The molecule has 1 atom stereocenters. The SMILES string of the molecule is CCCCCCOCC(O)CO.[H-].[K+]. The molecule has 0 bridgehead atoms. The maximum atomic E-state index is 8.89. The smallest absolute Gasteiger partial charge is 1.00 e. The first-order chi connectivity index (χ1) is 5.81. The fourth-order valence-electron chi connectivity index (χ4n) is 0.903. The van der Waals surface area contributed by atoms with Crippen LogP contribution in [0.5, 0.6) is 0 Å². The molecule has 0 aliphatic carbocycles. The van der Waals surface area contributed by atoms with Gasteiger partial charge in [0.1, 0.15) is 6.10 Å². The Kier molecular flexibility index (Phi) is 17.6. The molecule has 0 aliphatic rings. The summed E-state index contributed by atoms with van der Waals surface area (Å²) in [5.74, 6) is 0. The van der Waals surface area contributed by atoms with Crippen molar-refractivity contribution in [2.75, 3.05) is 19.8 Å². The predicted octanol–water partition coefficient (Wildman–Crippen LogP) is -1.95. The van der Waals surface area contributed by atoms with Gasteiger partial charge in [-0.3, -0.25) is 0 Å². The molecule has 0 amide bonds. The Morgan fingerprint density at radius 1 is 1.31 bits per heavy atom. The van der Waals surface area contributed by atoms with Crippen molar-refractivity contribution in [3.05, 3.63) is 0 Å². The molecular formula is C9H21KO3. The van der Waals surface area contributed by atoms with Crippen molar-refractivity contribution in [2.45, 2.75) is 38.7 Å². The minimum absolute atomic E-state index is 0. The van der Waals surface area contributed by atoms with Crippen LogP contribution in [-0.2, 0) is 4.74 Å². The van der Waals surface area contributed by atoms with Gasteiger partial charge in [0.15, 0.2) is 0 Å².